The number of nitrogens with one attached hydrogen (secondary N) is 1. The van der Waals surface area contributed by atoms with Gasteiger partial charge in [0.25, 0.3) is 11.6 Å². The predicted molar refractivity (Wildman–Crippen MR) is 92.5 cm³/mol. The average Bonchev–Trinajstić information content (AvgIpc) is 3.30. The SMILES string of the molecule is O=C(NCC1CCCO1)c1ccc(COc2cc([N+](=O)[O-])ccc2Cl)o1. The average molecular weight is 381 g/mol. The van der Waals surface area contributed by atoms with Gasteiger partial charge in [0.1, 0.15) is 18.1 Å². The molecule has 1 aliphatic rings. The van der Waals surface area contributed by atoms with Crippen LogP contribution in [0.4, 0.5) is 5.69 Å². The Labute approximate surface area is 154 Å². The van der Waals surface area contributed by atoms with Crippen LogP contribution in [-0.4, -0.2) is 30.1 Å². The molecule has 2 aromatic rings. The van der Waals surface area contributed by atoms with Crippen molar-refractivity contribution >= 4 is 23.2 Å². The standard InChI is InChI=1S/C17H17ClN2O6/c18-14-5-3-11(20(22)23)8-16(14)25-10-13-4-6-15(26-13)17(21)19-9-12-2-1-7-24-12/h3-6,8,12H,1-2,7,9-10H2,(H,19,21). The second-order valence-corrected chi connectivity index (χ2v) is 6.18. The van der Waals surface area contributed by atoms with Crippen LogP contribution in [0.2, 0.25) is 5.02 Å². The summed E-state index contributed by atoms with van der Waals surface area (Å²) >= 11 is 5.97. The summed E-state index contributed by atoms with van der Waals surface area (Å²) in [4.78, 5) is 22.3. The molecule has 2 heterocycles. The Hall–Kier alpha value is -2.58. The maximum absolute atomic E-state index is 12.1. The third kappa shape index (κ3) is 4.53. The number of amides is 1. The largest absolute Gasteiger partial charge is 0.484 e. The highest BCUT2D eigenvalue weighted by Crippen LogP contribution is 2.29. The van der Waals surface area contributed by atoms with Crippen molar-refractivity contribution in [1.29, 1.82) is 0 Å². The van der Waals surface area contributed by atoms with E-state index in [2.05, 4.69) is 5.32 Å². The van der Waals surface area contributed by atoms with Crippen LogP contribution < -0.4 is 10.1 Å². The van der Waals surface area contributed by atoms with Gasteiger partial charge < -0.3 is 19.2 Å². The van der Waals surface area contributed by atoms with Gasteiger partial charge in [-0.3, -0.25) is 14.9 Å². The van der Waals surface area contributed by atoms with E-state index in [9.17, 15) is 14.9 Å². The Morgan fingerprint density at radius 3 is 2.96 bits per heavy atom. The molecule has 0 aliphatic carbocycles. The lowest BCUT2D eigenvalue weighted by atomic mass is 10.2. The first-order chi connectivity index (χ1) is 12.5. The molecular weight excluding hydrogens is 364 g/mol. The van der Waals surface area contributed by atoms with Crippen molar-refractivity contribution in [2.75, 3.05) is 13.2 Å². The van der Waals surface area contributed by atoms with Gasteiger partial charge in [0.15, 0.2) is 5.76 Å². The van der Waals surface area contributed by atoms with E-state index in [4.69, 9.17) is 25.5 Å². The van der Waals surface area contributed by atoms with Crippen molar-refractivity contribution in [2.24, 2.45) is 0 Å². The highest BCUT2D eigenvalue weighted by atomic mass is 35.5. The zero-order valence-electron chi connectivity index (χ0n) is 13.8. The fourth-order valence-corrected chi connectivity index (χ4v) is 2.71. The smallest absolute Gasteiger partial charge is 0.287 e. The quantitative estimate of drug-likeness (QED) is 0.583. The van der Waals surface area contributed by atoms with Crippen LogP contribution >= 0.6 is 11.6 Å². The van der Waals surface area contributed by atoms with Crippen molar-refractivity contribution in [3.8, 4) is 5.75 Å². The molecule has 1 unspecified atom stereocenters. The number of carbonyl (C=O) groups is 1. The monoisotopic (exact) mass is 380 g/mol. The number of hydrogen-bond donors (Lipinski definition) is 1. The summed E-state index contributed by atoms with van der Waals surface area (Å²) in [6.07, 6.45) is 1.98. The second-order valence-electron chi connectivity index (χ2n) is 5.77. The fourth-order valence-electron chi connectivity index (χ4n) is 2.54. The zero-order valence-corrected chi connectivity index (χ0v) is 14.5. The molecule has 1 aliphatic heterocycles. The van der Waals surface area contributed by atoms with Crippen molar-refractivity contribution in [1.82, 2.24) is 5.32 Å². The lowest BCUT2D eigenvalue weighted by Crippen LogP contribution is -2.31. The lowest BCUT2D eigenvalue weighted by Gasteiger charge is -2.09. The van der Waals surface area contributed by atoms with Crippen molar-refractivity contribution < 1.29 is 23.6 Å². The predicted octanol–water partition coefficient (Wildman–Crippen LogP) is 3.33. The van der Waals surface area contributed by atoms with Gasteiger partial charge in [0.2, 0.25) is 0 Å². The maximum Gasteiger partial charge on any atom is 0.287 e. The molecule has 3 rings (SSSR count). The summed E-state index contributed by atoms with van der Waals surface area (Å²) in [5, 5.41) is 13.8. The molecule has 1 saturated heterocycles. The highest BCUT2D eigenvalue weighted by molar-refractivity contribution is 6.32. The van der Waals surface area contributed by atoms with Gasteiger partial charge in [-0.1, -0.05) is 11.6 Å². The van der Waals surface area contributed by atoms with Gasteiger partial charge in [-0.05, 0) is 31.0 Å². The molecule has 8 nitrogen and oxygen atoms in total. The van der Waals surface area contributed by atoms with E-state index in [1.165, 1.54) is 18.2 Å². The molecule has 9 heteroatoms. The molecule has 0 bridgehead atoms. The number of carbonyl (C=O) groups excluding carboxylic acids is 1. The number of halogens is 1. The normalized spacial score (nSPS) is 16.4. The van der Waals surface area contributed by atoms with Gasteiger partial charge in [-0.15, -0.1) is 0 Å². The number of furan rings is 1. The Kier molecular flexibility index (Phi) is 5.75. The Morgan fingerprint density at radius 2 is 2.23 bits per heavy atom. The second kappa shape index (κ2) is 8.20. The number of benzene rings is 1. The van der Waals surface area contributed by atoms with E-state index in [0.717, 1.165) is 19.4 Å². The third-order valence-corrected chi connectivity index (χ3v) is 4.21. The van der Waals surface area contributed by atoms with E-state index >= 15 is 0 Å². The molecule has 0 spiro atoms. The van der Waals surface area contributed by atoms with Crippen LogP contribution in [-0.2, 0) is 11.3 Å². The molecule has 1 N–H and O–H groups in total. The topological polar surface area (TPSA) is 104 Å². The molecule has 0 radical (unpaired) electrons. The van der Waals surface area contributed by atoms with Gasteiger partial charge in [-0.25, -0.2) is 0 Å². The van der Waals surface area contributed by atoms with Crippen LogP contribution in [0.3, 0.4) is 0 Å². The van der Waals surface area contributed by atoms with E-state index in [1.807, 2.05) is 0 Å². The summed E-state index contributed by atoms with van der Waals surface area (Å²) in [7, 11) is 0. The van der Waals surface area contributed by atoms with E-state index in [1.54, 1.807) is 12.1 Å². The van der Waals surface area contributed by atoms with E-state index in [0.29, 0.717) is 12.3 Å². The molecule has 1 aromatic carbocycles. The number of nitro groups is 1. The first-order valence-corrected chi connectivity index (χ1v) is 8.46. The Balaban J connectivity index is 1.55. The number of ether oxygens (including phenoxy) is 2. The van der Waals surface area contributed by atoms with E-state index in [-0.39, 0.29) is 40.8 Å². The molecule has 1 aromatic heterocycles. The Morgan fingerprint density at radius 1 is 1.38 bits per heavy atom. The van der Waals surface area contributed by atoms with Crippen LogP contribution in [0.15, 0.2) is 34.7 Å². The summed E-state index contributed by atoms with van der Waals surface area (Å²) in [5.74, 6) is 0.392. The number of nitro benzene ring substituents is 1. The fraction of sp³-hybridized carbons (Fsp3) is 0.353. The lowest BCUT2D eigenvalue weighted by molar-refractivity contribution is -0.384. The molecule has 1 atom stereocenters. The Bertz CT molecular complexity index is 800. The third-order valence-electron chi connectivity index (χ3n) is 3.90. The molecular formula is C17H17ClN2O6. The summed E-state index contributed by atoms with van der Waals surface area (Å²) < 4.78 is 16.4. The van der Waals surface area contributed by atoms with Crippen LogP contribution in [0.1, 0.15) is 29.2 Å². The molecule has 26 heavy (non-hydrogen) atoms. The number of non-ortho nitro benzene ring substituents is 1. The van der Waals surface area contributed by atoms with Crippen LogP contribution in [0.5, 0.6) is 5.75 Å². The van der Waals surface area contributed by atoms with Crippen molar-refractivity contribution in [3.63, 3.8) is 0 Å². The minimum absolute atomic E-state index is 0.0140. The summed E-state index contributed by atoms with van der Waals surface area (Å²) in [6.45, 7) is 1.15. The first kappa shape index (κ1) is 18.2. The summed E-state index contributed by atoms with van der Waals surface area (Å²) in [6, 6.07) is 7.06. The number of rotatable bonds is 7. The molecule has 1 fully saturated rings. The van der Waals surface area contributed by atoms with Crippen molar-refractivity contribution in [2.45, 2.75) is 25.6 Å². The number of nitrogens with zero attached hydrogens (tertiary/aromatic N) is 1. The first-order valence-electron chi connectivity index (χ1n) is 8.08. The molecule has 138 valence electrons. The van der Waals surface area contributed by atoms with Gasteiger partial charge in [0.05, 0.1) is 22.1 Å². The van der Waals surface area contributed by atoms with Crippen LogP contribution in [0, 0.1) is 10.1 Å². The number of hydrogen-bond acceptors (Lipinski definition) is 6. The minimum atomic E-state index is -0.535. The molecule has 1 amide bonds. The van der Waals surface area contributed by atoms with Gasteiger partial charge in [0, 0.05) is 19.2 Å². The van der Waals surface area contributed by atoms with Crippen molar-refractivity contribution in [3.05, 3.63) is 57.0 Å². The summed E-state index contributed by atoms with van der Waals surface area (Å²) in [5.41, 5.74) is -0.127. The maximum atomic E-state index is 12.1. The minimum Gasteiger partial charge on any atom is -0.484 e. The zero-order chi connectivity index (χ0) is 18.5. The molecule has 0 saturated carbocycles. The van der Waals surface area contributed by atoms with E-state index < -0.39 is 4.92 Å². The van der Waals surface area contributed by atoms with Gasteiger partial charge >= 0.3 is 0 Å². The van der Waals surface area contributed by atoms with Gasteiger partial charge in [-0.2, -0.15) is 0 Å². The van der Waals surface area contributed by atoms with Crippen LogP contribution in [0.25, 0.3) is 0 Å². The highest BCUT2D eigenvalue weighted by Gasteiger charge is 2.18.